The molecule has 37 heavy (non-hydrogen) atoms. The van der Waals surface area contributed by atoms with Gasteiger partial charge < -0.3 is 16.2 Å². The molecule has 1 aliphatic heterocycles. The highest BCUT2D eigenvalue weighted by Gasteiger charge is 2.30. The lowest BCUT2D eigenvalue weighted by molar-refractivity contribution is -0.137. The normalized spacial score (nSPS) is 13.2. The molecule has 0 aromatic heterocycles. The fourth-order valence-electron chi connectivity index (χ4n) is 4.04. The van der Waals surface area contributed by atoms with Crippen LogP contribution < -0.4 is 5.32 Å². The van der Waals surface area contributed by atoms with Crippen molar-refractivity contribution in [1.29, 1.82) is 0 Å². The van der Waals surface area contributed by atoms with Crippen molar-refractivity contribution in [1.82, 2.24) is 10.2 Å². The van der Waals surface area contributed by atoms with Gasteiger partial charge in [0.1, 0.15) is 0 Å². The van der Waals surface area contributed by atoms with Crippen molar-refractivity contribution in [2.24, 2.45) is 0 Å². The van der Waals surface area contributed by atoms with Crippen LogP contribution in [0.2, 0.25) is 0 Å². The predicted octanol–water partition coefficient (Wildman–Crippen LogP) is 6.33. The second-order valence-corrected chi connectivity index (χ2v) is 8.64. The van der Waals surface area contributed by atoms with Gasteiger partial charge in [0.15, 0.2) is 0 Å². The SMILES string of the molecule is CCC(=O)NCCN1CCc2cc([NH-])ccc2C1.O=C(O)c1ccccc1-c1ccc(C(F)(F)F)cc1. The molecular weight excluding hydrogens is 483 g/mol. The molecule has 0 radical (unpaired) electrons. The number of aromatic carboxylic acids is 1. The monoisotopic (exact) mass is 512 g/mol. The standard InChI is InChI=1S/C14H9F3O2.C14H20N3O/c15-14(16,17)10-7-5-9(6-8-10)11-3-1-2-4-12(11)13(18)19;1-2-14(18)16-6-8-17-7-5-11-9-13(15)4-3-12(11)10-17/h1-8H,(H,18,19);3-4,9,15H,2,5-8,10H2,1H3,(H,16,18)/q;-1. The molecule has 1 heterocycles. The average Bonchev–Trinajstić information content (AvgIpc) is 2.88. The Kier molecular flexibility index (Phi) is 9.30. The number of nitrogens with one attached hydrogen (secondary N) is 2. The van der Waals surface area contributed by atoms with Gasteiger partial charge in [-0.3, -0.25) is 9.69 Å². The van der Waals surface area contributed by atoms with Crippen LogP contribution in [0.5, 0.6) is 0 Å². The molecule has 0 saturated carbocycles. The number of halogens is 3. The Balaban J connectivity index is 0.000000206. The highest BCUT2D eigenvalue weighted by atomic mass is 19.4. The zero-order valence-electron chi connectivity index (χ0n) is 20.4. The molecule has 3 N–H and O–H groups in total. The quantitative estimate of drug-likeness (QED) is 0.404. The van der Waals surface area contributed by atoms with Crippen LogP contribution in [0.15, 0.2) is 66.7 Å². The molecule has 0 bridgehead atoms. The lowest BCUT2D eigenvalue weighted by Crippen LogP contribution is -2.37. The smallest absolute Gasteiger partial charge is 0.416 e. The van der Waals surface area contributed by atoms with Gasteiger partial charge in [-0.05, 0) is 46.9 Å². The second-order valence-electron chi connectivity index (χ2n) is 8.64. The molecule has 6 nitrogen and oxygen atoms in total. The van der Waals surface area contributed by atoms with E-state index in [2.05, 4.69) is 16.3 Å². The Hall–Kier alpha value is -3.85. The number of hydrogen-bond donors (Lipinski definition) is 2. The van der Waals surface area contributed by atoms with Crippen LogP contribution in [0.4, 0.5) is 18.9 Å². The zero-order valence-corrected chi connectivity index (χ0v) is 20.4. The molecule has 0 aliphatic carbocycles. The van der Waals surface area contributed by atoms with E-state index in [1.54, 1.807) is 18.2 Å². The fourth-order valence-corrected chi connectivity index (χ4v) is 4.04. The van der Waals surface area contributed by atoms with Crippen molar-refractivity contribution >= 4 is 17.6 Å². The first kappa shape index (κ1) is 27.7. The van der Waals surface area contributed by atoms with Crippen LogP contribution in [-0.2, 0) is 23.9 Å². The third-order valence-electron chi connectivity index (χ3n) is 6.05. The highest BCUT2D eigenvalue weighted by Crippen LogP contribution is 2.31. The number of hydrogen-bond acceptors (Lipinski definition) is 3. The topological polar surface area (TPSA) is 93.4 Å². The van der Waals surface area contributed by atoms with E-state index in [1.165, 1.54) is 29.3 Å². The molecule has 0 unspecified atom stereocenters. The molecule has 1 aliphatic rings. The molecule has 9 heteroatoms. The fraction of sp³-hybridized carbons (Fsp3) is 0.286. The summed E-state index contributed by atoms with van der Waals surface area (Å²) in [7, 11) is 0. The minimum Gasteiger partial charge on any atom is -0.699 e. The first-order valence-electron chi connectivity index (χ1n) is 11.9. The maximum absolute atomic E-state index is 12.4. The Morgan fingerprint density at radius 1 is 1.03 bits per heavy atom. The number of benzene rings is 3. The Bertz CT molecular complexity index is 1230. The van der Waals surface area contributed by atoms with E-state index < -0.39 is 17.7 Å². The van der Waals surface area contributed by atoms with E-state index in [9.17, 15) is 22.8 Å². The molecule has 0 atom stereocenters. The number of carboxylic acids is 1. The number of amides is 1. The van der Waals surface area contributed by atoms with E-state index in [-0.39, 0.29) is 11.5 Å². The lowest BCUT2D eigenvalue weighted by atomic mass is 9.99. The van der Waals surface area contributed by atoms with Crippen molar-refractivity contribution in [2.45, 2.75) is 32.5 Å². The summed E-state index contributed by atoms with van der Waals surface area (Å²) in [5, 5.41) is 11.9. The van der Waals surface area contributed by atoms with Crippen LogP contribution in [0, 0.1) is 0 Å². The molecule has 0 saturated heterocycles. The van der Waals surface area contributed by atoms with Crippen LogP contribution in [-0.4, -0.2) is 41.5 Å². The van der Waals surface area contributed by atoms with Gasteiger partial charge in [0.05, 0.1) is 11.1 Å². The molecule has 4 rings (SSSR count). The summed E-state index contributed by atoms with van der Waals surface area (Å²) in [4.78, 5) is 24.5. The van der Waals surface area contributed by atoms with Gasteiger partial charge in [-0.2, -0.15) is 13.2 Å². The van der Waals surface area contributed by atoms with Crippen molar-refractivity contribution in [3.05, 3.63) is 94.7 Å². The minimum absolute atomic E-state index is 0.0576. The van der Waals surface area contributed by atoms with Crippen LogP contribution >= 0.6 is 0 Å². The first-order chi connectivity index (χ1) is 17.6. The first-order valence-corrected chi connectivity index (χ1v) is 11.9. The lowest BCUT2D eigenvalue weighted by Gasteiger charge is -2.29. The number of alkyl halides is 3. The second kappa shape index (κ2) is 12.4. The summed E-state index contributed by atoms with van der Waals surface area (Å²) in [6.07, 6.45) is -2.84. The largest absolute Gasteiger partial charge is 0.699 e. The number of fused-ring (bicyclic) bond motifs is 1. The Morgan fingerprint density at radius 2 is 1.73 bits per heavy atom. The minimum atomic E-state index is -4.40. The summed E-state index contributed by atoms with van der Waals surface area (Å²) < 4.78 is 37.3. The van der Waals surface area contributed by atoms with Crippen molar-refractivity contribution in [3.8, 4) is 11.1 Å². The van der Waals surface area contributed by atoms with E-state index in [0.29, 0.717) is 23.2 Å². The van der Waals surface area contributed by atoms with Crippen LogP contribution in [0.1, 0.15) is 40.4 Å². The molecule has 0 fully saturated rings. The van der Waals surface area contributed by atoms with Crippen molar-refractivity contribution < 1.29 is 27.9 Å². The Morgan fingerprint density at radius 3 is 2.38 bits per heavy atom. The van der Waals surface area contributed by atoms with E-state index in [1.807, 2.05) is 19.1 Å². The molecular formula is C28H29F3N3O3-. The van der Waals surface area contributed by atoms with E-state index >= 15 is 0 Å². The molecule has 1 amide bonds. The third-order valence-corrected chi connectivity index (χ3v) is 6.05. The van der Waals surface area contributed by atoms with E-state index in [4.69, 9.17) is 10.8 Å². The van der Waals surface area contributed by atoms with Gasteiger partial charge in [-0.15, -0.1) is 5.69 Å². The van der Waals surface area contributed by atoms with E-state index in [0.717, 1.165) is 44.7 Å². The number of carbonyl (C=O) groups excluding carboxylic acids is 1. The number of nitrogens with zero attached hydrogens (tertiary/aromatic N) is 1. The van der Waals surface area contributed by atoms with Gasteiger partial charge >= 0.3 is 12.1 Å². The van der Waals surface area contributed by atoms with Gasteiger partial charge in [0.25, 0.3) is 0 Å². The summed E-state index contributed by atoms with van der Waals surface area (Å²) >= 11 is 0. The van der Waals surface area contributed by atoms with Crippen LogP contribution in [0.3, 0.4) is 0 Å². The summed E-state index contributed by atoms with van der Waals surface area (Å²) in [6, 6.07) is 16.5. The maximum Gasteiger partial charge on any atom is 0.416 e. The number of rotatable bonds is 6. The Labute approximate surface area is 213 Å². The van der Waals surface area contributed by atoms with Gasteiger partial charge in [-0.1, -0.05) is 55.5 Å². The average molecular weight is 513 g/mol. The third kappa shape index (κ3) is 7.82. The molecule has 196 valence electrons. The number of carbonyl (C=O) groups is 2. The summed E-state index contributed by atoms with van der Waals surface area (Å²) in [6.45, 7) is 5.42. The van der Waals surface area contributed by atoms with Crippen LogP contribution in [0.25, 0.3) is 16.9 Å². The van der Waals surface area contributed by atoms with Gasteiger partial charge in [-0.25, -0.2) is 4.79 Å². The highest BCUT2D eigenvalue weighted by molar-refractivity contribution is 5.96. The van der Waals surface area contributed by atoms with Crippen molar-refractivity contribution in [2.75, 3.05) is 19.6 Å². The predicted molar refractivity (Wildman–Crippen MR) is 137 cm³/mol. The number of carboxylic acid groups (broad SMARTS) is 1. The maximum atomic E-state index is 12.4. The molecule has 0 spiro atoms. The molecule has 3 aromatic rings. The van der Waals surface area contributed by atoms with Gasteiger partial charge in [0, 0.05) is 32.6 Å². The summed E-state index contributed by atoms with van der Waals surface area (Å²) in [5.41, 5.74) is 10.9. The van der Waals surface area contributed by atoms with Crippen molar-refractivity contribution in [3.63, 3.8) is 0 Å². The molecule has 3 aromatic carbocycles. The summed E-state index contributed by atoms with van der Waals surface area (Å²) in [5.74, 6) is -0.998. The van der Waals surface area contributed by atoms with Gasteiger partial charge in [0.2, 0.25) is 5.91 Å². The zero-order chi connectivity index (χ0) is 27.0.